The molecule has 1 aromatic rings. The van der Waals surface area contributed by atoms with Gasteiger partial charge in [0.05, 0.1) is 11.0 Å². The zero-order chi connectivity index (χ0) is 12.6. The standard InChI is InChI=1S/C11H13NO4S/c1-6-2-3-9(17-6)10(14)12-5-7(13)4-8(12)11(15)16/h2-3,7-8,13H,4-5H2,1H3,(H,15,16)/t7-,8-/m1/s1. The summed E-state index contributed by atoms with van der Waals surface area (Å²) < 4.78 is 0. The van der Waals surface area contributed by atoms with Gasteiger partial charge in [-0.3, -0.25) is 4.79 Å². The monoisotopic (exact) mass is 255 g/mol. The number of carboxylic acid groups (broad SMARTS) is 1. The van der Waals surface area contributed by atoms with Crippen molar-refractivity contribution in [3.63, 3.8) is 0 Å². The van der Waals surface area contributed by atoms with E-state index in [0.29, 0.717) is 4.88 Å². The van der Waals surface area contributed by atoms with Crippen LogP contribution in [0.4, 0.5) is 0 Å². The Morgan fingerprint density at radius 2 is 2.18 bits per heavy atom. The van der Waals surface area contributed by atoms with Crippen LogP contribution in [0, 0.1) is 6.92 Å². The van der Waals surface area contributed by atoms with Crippen LogP contribution in [0.3, 0.4) is 0 Å². The van der Waals surface area contributed by atoms with Gasteiger partial charge in [-0.15, -0.1) is 11.3 Å². The van der Waals surface area contributed by atoms with Gasteiger partial charge in [0.25, 0.3) is 5.91 Å². The first-order valence-corrected chi connectivity index (χ1v) is 6.09. The molecule has 2 rings (SSSR count). The van der Waals surface area contributed by atoms with Crippen LogP contribution >= 0.6 is 11.3 Å². The summed E-state index contributed by atoms with van der Waals surface area (Å²) in [6.07, 6.45) is -0.646. The number of thiophene rings is 1. The number of amides is 1. The first kappa shape index (κ1) is 12.1. The number of aliphatic carboxylic acids is 1. The highest BCUT2D eigenvalue weighted by molar-refractivity contribution is 7.13. The maximum Gasteiger partial charge on any atom is 0.326 e. The highest BCUT2D eigenvalue weighted by Gasteiger charge is 2.39. The number of likely N-dealkylation sites (tertiary alicyclic amines) is 1. The van der Waals surface area contributed by atoms with E-state index in [-0.39, 0.29) is 18.9 Å². The second kappa shape index (κ2) is 4.46. The number of aliphatic hydroxyl groups is 1. The molecule has 1 aliphatic heterocycles. The minimum absolute atomic E-state index is 0.0900. The van der Waals surface area contributed by atoms with E-state index in [9.17, 15) is 14.7 Å². The third-order valence-electron chi connectivity index (χ3n) is 2.78. The molecule has 17 heavy (non-hydrogen) atoms. The summed E-state index contributed by atoms with van der Waals surface area (Å²) in [7, 11) is 0. The first-order chi connectivity index (χ1) is 7.99. The smallest absolute Gasteiger partial charge is 0.326 e. The normalized spacial score (nSPS) is 24.0. The van der Waals surface area contributed by atoms with Crippen LogP contribution < -0.4 is 0 Å². The van der Waals surface area contributed by atoms with Crippen molar-refractivity contribution >= 4 is 23.2 Å². The van der Waals surface area contributed by atoms with E-state index in [1.807, 2.05) is 13.0 Å². The number of β-amino-alcohol motifs (C(OH)–C–C–N with tert-alkyl or cyclic N) is 1. The Hall–Kier alpha value is -1.40. The summed E-state index contributed by atoms with van der Waals surface area (Å²) in [4.78, 5) is 25.8. The molecule has 2 N–H and O–H groups in total. The zero-order valence-corrected chi connectivity index (χ0v) is 10.1. The molecule has 2 atom stereocenters. The molecular weight excluding hydrogens is 242 g/mol. The van der Waals surface area contributed by atoms with Gasteiger partial charge in [0.1, 0.15) is 6.04 Å². The van der Waals surface area contributed by atoms with Crippen molar-refractivity contribution in [2.75, 3.05) is 6.54 Å². The molecule has 0 aliphatic carbocycles. The maximum atomic E-state index is 12.1. The fourth-order valence-corrected chi connectivity index (χ4v) is 2.79. The molecule has 0 spiro atoms. The molecule has 0 radical (unpaired) electrons. The third-order valence-corrected chi connectivity index (χ3v) is 3.76. The SMILES string of the molecule is Cc1ccc(C(=O)N2C[C@H](O)C[C@@H]2C(=O)O)s1. The van der Waals surface area contributed by atoms with Gasteiger partial charge in [0.15, 0.2) is 0 Å². The lowest BCUT2D eigenvalue weighted by molar-refractivity contribution is -0.141. The zero-order valence-electron chi connectivity index (χ0n) is 9.29. The van der Waals surface area contributed by atoms with Crippen molar-refractivity contribution in [1.29, 1.82) is 0 Å². The second-order valence-corrected chi connectivity index (χ2v) is 5.40. The van der Waals surface area contributed by atoms with Gasteiger partial charge in [-0.05, 0) is 19.1 Å². The van der Waals surface area contributed by atoms with Crippen molar-refractivity contribution in [2.24, 2.45) is 0 Å². The average Bonchev–Trinajstić information content (AvgIpc) is 2.83. The Kier molecular flexibility index (Phi) is 3.17. The lowest BCUT2D eigenvalue weighted by Crippen LogP contribution is -2.40. The van der Waals surface area contributed by atoms with Crippen LogP contribution in [0.25, 0.3) is 0 Å². The molecule has 1 saturated heterocycles. The Bertz CT molecular complexity index is 456. The molecule has 0 aromatic carbocycles. The van der Waals surface area contributed by atoms with E-state index in [4.69, 9.17) is 5.11 Å². The van der Waals surface area contributed by atoms with Gasteiger partial charge in [-0.25, -0.2) is 4.79 Å². The first-order valence-electron chi connectivity index (χ1n) is 5.27. The van der Waals surface area contributed by atoms with E-state index in [0.717, 1.165) is 4.88 Å². The Morgan fingerprint density at radius 1 is 1.47 bits per heavy atom. The van der Waals surface area contributed by atoms with Crippen molar-refractivity contribution in [3.8, 4) is 0 Å². The molecule has 5 nitrogen and oxygen atoms in total. The molecule has 2 heterocycles. The lowest BCUT2D eigenvalue weighted by atomic mass is 10.2. The van der Waals surface area contributed by atoms with Gasteiger partial charge in [-0.1, -0.05) is 0 Å². The third kappa shape index (κ3) is 2.32. The van der Waals surface area contributed by atoms with Crippen LogP contribution in [0.1, 0.15) is 21.0 Å². The Labute approximate surface area is 102 Å². The van der Waals surface area contributed by atoms with E-state index >= 15 is 0 Å². The summed E-state index contributed by atoms with van der Waals surface area (Å²) in [6.45, 7) is 1.97. The number of hydrogen-bond donors (Lipinski definition) is 2. The second-order valence-electron chi connectivity index (χ2n) is 4.11. The predicted octanol–water partition coefficient (Wildman–Crippen LogP) is 0.717. The topological polar surface area (TPSA) is 77.8 Å². The highest BCUT2D eigenvalue weighted by atomic mass is 32.1. The molecule has 6 heteroatoms. The van der Waals surface area contributed by atoms with Gasteiger partial charge in [0.2, 0.25) is 0 Å². The average molecular weight is 255 g/mol. The van der Waals surface area contributed by atoms with Crippen LogP contribution in [-0.4, -0.2) is 45.7 Å². The number of carbonyl (C=O) groups is 2. The Morgan fingerprint density at radius 3 is 2.71 bits per heavy atom. The van der Waals surface area contributed by atoms with Crippen molar-refractivity contribution in [1.82, 2.24) is 4.90 Å². The van der Waals surface area contributed by atoms with Gasteiger partial charge in [0, 0.05) is 17.8 Å². The number of aryl methyl sites for hydroxylation is 1. The van der Waals surface area contributed by atoms with Crippen molar-refractivity contribution in [2.45, 2.75) is 25.5 Å². The minimum Gasteiger partial charge on any atom is -0.480 e. The van der Waals surface area contributed by atoms with Crippen molar-refractivity contribution in [3.05, 3.63) is 21.9 Å². The maximum absolute atomic E-state index is 12.1. The summed E-state index contributed by atoms with van der Waals surface area (Å²) in [5, 5.41) is 18.5. The van der Waals surface area contributed by atoms with E-state index < -0.39 is 18.1 Å². The van der Waals surface area contributed by atoms with Gasteiger partial charge < -0.3 is 15.1 Å². The van der Waals surface area contributed by atoms with E-state index in [1.54, 1.807) is 6.07 Å². The van der Waals surface area contributed by atoms with Gasteiger partial charge in [-0.2, -0.15) is 0 Å². The molecule has 1 aromatic heterocycles. The summed E-state index contributed by atoms with van der Waals surface area (Å²) in [5.74, 6) is -1.38. The molecule has 0 saturated carbocycles. The van der Waals surface area contributed by atoms with Crippen molar-refractivity contribution < 1.29 is 19.8 Å². The van der Waals surface area contributed by atoms with Crippen LogP contribution in [0.15, 0.2) is 12.1 Å². The molecule has 1 fully saturated rings. The minimum atomic E-state index is -1.07. The molecular formula is C11H13NO4S. The Balaban J connectivity index is 2.21. The van der Waals surface area contributed by atoms with Crippen LogP contribution in [0.5, 0.6) is 0 Å². The number of hydrogen-bond acceptors (Lipinski definition) is 4. The van der Waals surface area contributed by atoms with Crippen LogP contribution in [-0.2, 0) is 4.79 Å². The summed E-state index contributed by atoms with van der Waals surface area (Å²) >= 11 is 1.33. The number of carboxylic acids is 1. The molecule has 1 amide bonds. The quantitative estimate of drug-likeness (QED) is 0.816. The highest BCUT2D eigenvalue weighted by Crippen LogP contribution is 2.24. The largest absolute Gasteiger partial charge is 0.480 e. The number of rotatable bonds is 2. The predicted molar refractivity (Wildman–Crippen MR) is 62.1 cm³/mol. The van der Waals surface area contributed by atoms with E-state index in [1.165, 1.54) is 16.2 Å². The number of aliphatic hydroxyl groups excluding tert-OH is 1. The molecule has 0 bridgehead atoms. The van der Waals surface area contributed by atoms with Crippen LogP contribution in [0.2, 0.25) is 0 Å². The summed E-state index contributed by atoms with van der Waals surface area (Å²) in [5.41, 5.74) is 0. The van der Waals surface area contributed by atoms with E-state index in [2.05, 4.69) is 0 Å². The number of nitrogens with zero attached hydrogens (tertiary/aromatic N) is 1. The lowest BCUT2D eigenvalue weighted by Gasteiger charge is -2.20. The molecule has 92 valence electrons. The molecule has 0 unspecified atom stereocenters. The molecule has 1 aliphatic rings. The fraction of sp³-hybridized carbons (Fsp3) is 0.455. The summed E-state index contributed by atoms with van der Waals surface area (Å²) in [6, 6.07) is 2.59. The van der Waals surface area contributed by atoms with Gasteiger partial charge >= 0.3 is 5.97 Å². The fourth-order valence-electron chi connectivity index (χ4n) is 1.96. The number of carbonyl (C=O) groups excluding carboxylic acids is 1.